The number of anilines is 1. The van der Waals surface area contributed by atoms with Crippen molar-refractivity contribution >= 4 is 32.0 Å². The van der Waals surface area contributed by atoms with Gasteiger partial charge >= 0.3 is 0 Å². The van der Waals surface area contributed by atoms with E-state index in [9.17, 15) is 13.7 Å². The molecule has 136 valence electrons. The first-order valence-corrected chi connectivity index (χ1v) is 10.5. The fourth-order valence-electron chi connectivity index (χ4n) is 2.48. The Balaban J connectivity index is 2.18. The Morgan fingerprint density at radius 2 is 1.88 bits per heavy atom. The van der Waals surface area contributed by atoms with E-state index < -0.39 is 10.0 Å². The van der Waals surface area contributed by atoms with Crippen LogP contribution >= 0.6 is 11.3 Å². The van der Waals surface area contributed by atoms with Gasteiger partial charge in [0.2, 0.25) is 9.99 Å². The Morgan fingerprint density at radius 1 is 1.19 bits per heavy atom. The number of aromatic nitrogens is 3. The van der Waals surface area contributed by atoms with Crippen LogP contribution in [0.5, 0.6) is 0 Å². The molecule has 0 unspecified atom stereocenters. The number of fused-ring (bicyclic) bond motifs is 1. The Bertz CT molecular complexity index is 1100. The number of benzene rings is 1. The van der Waals surface area contributed by atoms with E-state index >= 15 is 0 Å². The van der Waals surface area contributed by atoms with Crippen molar-refractivity contribution in [3.63, 3.8) is 0 Å². The molecule has 0 aliphatic heterocycles. The normalized spacial score (nSPS) is 12.0. The Hall–Kier alpha value is -2.44. The average molecular weight is 390 g/mol. The van der Waals surface area contributed by atoms with Gasteiger partial charge in [0.25, 0.3) is 10.0 Å². The summed E-state index contributed by atoms with van der Waals surface area (Å²) in [6.45, 7) is 7.77. The van der Waals surface area contributed by atoms with Crippen molar-refractivity contribution in [3.8, 4) is 6.07 Å². The van der Waals surface area contributed by atoms with Gasteiger partial charge in [-0.15, -0.1) is 0 Å². The highest BCUT2D eigenvalue weighted by Crippen LogP contribution is 2.31. The monoisotopic (exact) mass is 389 g/mol. The molecule has 1 N–H and O–H groups in total. The summed E-state index contributed by atoms with van der Waals surface area (Å²) in [5.41, 5.74) is 0.948. The first-order valence-electron chi connectivity index (χ1n) is 8.16. The summed E-state index contributed by atoms with van der Waals surface area (Å²) in [7, 11) is -3.97. The summed E-state index contributed by atoms with van der Waals surface area (Å²) in [6.07, 6.45) is 0. The molecule has 0 amide bonds. The van der Waals surface area contributed by atoms with E-state index in [2.05, 4.69) is 14.8 Å². The Kier molecular flexibility index (Phi) is 4.73. The van der Waals surface area contributed by atoms with Crippen molar-refractivity contribution in [1.82, 2.24) is 14.6 Å². The molecule has 0 fully saturated rings. The zero-order chi connectivity index (χ0) is 19.1. The maximum Gasteiger partial charge on any atom is 0.281 e. The minimum absolute atomic E-state index is 0.0263. The van der Waals surface area contributed by atoms with E-state index in [1.807, 2.05) is 33.8 Å². The highest BCUT2D eigenvalue weighted by atomic mass is 32.2. The molecule has 7 nitrogen and oxygen atoms in total. The third-order valence-electron chi connectivity index (χ3n) is 3.79. The van der Waals surface area contributed by atoms with Gasteiger partial charge in [0, 0.05) is 5.92 Å². The van der Waals surface area contributed by atoms with Gasteiger partial charge in [-0.05, 0) is 18.1 Å². The summed E-state index contributed by atoms with van der Waals surface area (Å²) in [5, 5.41) is 14.5. The lowest BCUT2D eigenvalue weighted by atomic mass is 10.2. The molecule has 0 bridgehead atoms. The van der Waals surface area contributed by atoms with E-state index in [4.69, 9.17) is 0 Å². The summed E-state index contributed by atoms with van der Waals surface area (Å²) < 4.78 is 30.2. The van der Waals surface area contributed by atoms with Crippen LogP contribution in [0.2, 0.25) is 0 Å². The van der Waals surface area contributed by atoms with Crippen LogP contribution in [0.15, 0.2) is 29.3 Å². The first-order chi connectivity index (χ1) is 12.2. The summed E-state index contributed by atoms with van der Waals surface area (Å²) in [5.74, 6) is 0.0798. The zero-order valence-corrected chi connectivity index (χ0v) is 16.5. The second-order valence-electron chi connectivity index (χ2n) is 6.51. The Morgan fingerprint density at radius 3 is 2.50 bits per heavy atom. The maximum atomic E-state index is 13.1. The molecule has 3 rings (SSSR count). The summed E-state index contributed by atoms with van der Waals surface area (Å²) in [4.78, 5) is 5.05. The predicted molar refractivity (Wildman–Crippen MR) is 101 cm³/mol. The molecule has 0 spiro atoms. The molecular weight excluding hydrogens is 370 g/mol. The second kappa shape index (κ2) is 6.70. The molecule has 0 saturated carbocycles. The number of nitriles is 1. The van der Waals surface area contributed by atoms with E-state index in [1.54, 1.807) is 24.3 Å². The number of nitrogens with one attached hydrogen (secondary N) is 1. The van der Waals surface area contributed by atoms with Gasteiger partial charge in [-0.3, -0.25) is 4.72 Å². The molecule has 2 aromatic heterocycles. The number of nitrogens with zero attached hydrogens (tertiary/aromatic N) is 4. The van der Waals surface area contributed by atoms with Crippen molar-refractivity contribution < 1.29 is 8.42 Å². The molecule has 2 heterocycles. The van der Waals surface area contributed by atoms with Crippen molar-refractivity contribution in [2.24, 2.45) is 0 Å². The lowest BCUT2D eigenvalue weighted by molar-refractivity contribution is 0.588. The van der Waals surface area contributed by atoms with E-state index in [-0.39, 0.29) is 28.1 Å². The molecule has 0 aliphatic rings. The van der Waals surface area contributed by atoms with Crippen LogP contribution < -0.4 is 4.72 Å². The van der Waals surface area contributed by atoms with Crippen LogP contribution in [-0.2, 0) is 10.0 Å². The highest BCUT2D eigenvalue weighted by molar-refractivity contribution is 7.92. The minimum atomic E-state index is -3.97. The van der Waals surface area contributed by atoms with Gasteiger partial charge in [-0.1, -0.05) is 51.2 Å². The van der Waals surface area contributed by atoms with E-state index in [0.717, 1.165) is 5.01 Å². The molecule has 1 aromatic carbocycles. The topological polar surface area (TPSA) is 100 Å². The minimum Gasteiger partial charge on any atom is -0.277 e. The first kappa shape index (κ1) is 18.4. The van der Waals surface area contributed by atoms with Crippen LogP contribution in [0, 0.1) is 11.3 Å². The molecule has 0 atom stereocenters. The molecule has 3 aromatic rings. The van der Waals surface area contributed by atoms with Crippen molar-refractivity contribution in [2.45, 2.75) is 44.6 Å². The van der Waals surface area contributed by atoms with E-state index in [0.29, 0.717) is 10.7 Å². The molecule has 0 saturated heterocycles. The van der Waals surface area contributed by atoms with Crippen LogP contribution in [0.4, 0.5) is 5.69 Å². The lowest BCUT2D eigenvalue weighted by Gasteiger charge is -2.11. The third kappa shape index (κ3) is 3.18. The number of imidazole rings is 1. The van der Waals surface area contributed by atoms with Gasteiger partial charge in [0.15, 0.2) is 0 Å². The number of hydrogen-bond acceptors (Lipinski definition) is 6. The lowest BCUT2D eigenvalue weighted by Crippen LogP contribution is -2.18. The van der Waals surface area contributed by atoms with Crippen molar-refractivity contribution in [3.05, 3.63) is 40.5 Å². The number of sulfonamides is 1. The predicted octanol–water partition coefficient (Wildman–Crippen LogP) is 3.71. The quantitative estimate of drug-likeness (QED) is 0.717. The fraction of sp³-hybridized carbons (Fsp3) is 0.353. The number of rotatable bonds is 5. The van der Waals surface area contributed by atoms with Gasteiger partial charge in [0.1, 0.15) is 11.1 Å². The third-order valence-corrected chi connectivity index (χ3v) is 6.38. The molecular formula is C17H19N5O2S2. The molecule has 0 aliphatic carbocycles. The van der Waals surface area contributed by atoms with Gasteiger partial charge in [-0.2, -0.15) is 23.3 Å². The van der Waals surface area contributed by atoms with Crippen LogP contribution in [0.1, 0.15) is 55.8 Å². The number of hydrogen-bond donors (Lipinski definition) is 1. The standard InChI is InChI=1S/C17H19N5O2S2/c1-10(2)14-16(22-17(19-14)25-15(20-22)11(3)4)26(23,24)21-13-8-6-5-7-12(13)9-18/h5-8,10-11,21H,1-4H3. The average Bonchev–Trinajstić information content (AvgIpc) is 3.12. The van der Waals surface area contributed by atoms with Gasteiger partial charge in [0.05, 0.1) is 16.9 Å². The molecule has 26 heavy (non-hydrogen) atoms. The smallest absolute Gasteiger partial charge is 0.277 e. The van der Waals surface area contributed by atoms with Crippen molar-refractivity contribution in [1.29, 1.82) is 5.26 Å². The van der Waals surface area contributed by atoms with E-state index in [1.165, 1.54) is 15.9 Å². The van der Waals surface area contributed by atoms with Crippen molar-refractivity contribution in [2.75, 3.05) is 4.72 Å². The maximum absolute atomic E-state index is 13.1. The SMILES string of the molecule is CC(C)c1nn2c(S(=O)(=O)Nc3ccccc3C#N)c(C(C)C)nc2s1. The largest absolute Gasteiger partial charge is 0.281 e. The molecule has 0 radical (unpaired) electrons. The van der Waals surface area contributed by atoms with Gasteiger partial charge < -0.3 is 0 Å². The summed E-state index contributed by atoms with van der Waals surface area (Å²) >= 11 is 1.38. The second-order valence-corrected chi connectivity index (χ2v) is 9.09. The van der Waals surface area contributed by atoms with Crippen LogP contribution in [0.25, 0.3) is 4.96 Å². The van der Waals surface area contributed by atoms with Crippen LogP contribution in [0.3, 0.4) is 0 Å². The Labute approximate surface area is 156 Å². The van der Waals surface area contributed by atoms with Crippen LogP contribution in [-0.4, -0.2) is 23.0 Å². The summed E-state index contributed by atoms with van der Waals surface area (Å²) in [6, 6.07) is 8.47. The van der Waals surface area contributed by atoms with Gasteiger partial charge in [-0.25, -0.2) is 4.98 Å². The number of para-hydroxylation sites is 1. The zero-order valence-electron chi connectivity index (χ0n) is 14.9. The fourth-order valence-corrected chi connectivity index (χ4v) is 4.93. The highest BCUT2D eigenvalue weighted by Gasteiger charge is 2.30. The molecule has 9 heteroatoms.